The summed E-state index contributed by atoms with van der Waals surface area (Å²) in [6, 6.07) is 17.6. The van der Waals surface area contributed by atoms with Crippen LogP contribution in [0.3, 0.4) is 0 Å². The van der Waals surface area contributed by atoms with Gasteiger partial charge in [-0.05, 0) is 36.4 Å². The SMILES string of the molecule is N.[CH2-]CNCc1ccccn1.[CH2-]CNCc1ccccn1.[CH2-]CNCc1ccccn1.[Fe+3]. The second-order valence-corrected chi connectivity index (χ2v) is 5.99. The van der Waals surface area contributed by atoms with E-state index in [2.05, 4.69) is 51.7 Å². The predicted octanol–water partition coefficient (Wildman–Crippen LogP) is 3.18. The van der Waals surface area contributed by atoms with Gasteiger partial charge in [-0.25, -0.2) is 0 Å². The van der Waals surface area contributed by atoms with Crippen LogP contribution in [-0.2, 0) is 36.7 Å². The molecule has 0 aliphatic rings. The maximum absolute atomic E-state index is 4.13. The van der Waals surface area contributed by atoms with Crippen LogP contribution >= 0.6 is 0 Å². The van der Waals surface area contributed by atoms with Crippen molar-refractivity contribution < 1.29 is 17.1 Å². The monoisotopic (exact) mass is 478 g/mol. The number of nitrogens with zero attached hydrogens (tertiary/aromatic N) is 3. The van der Waals surface area contributed by atoms with Crippen LogP contribution in [0, 0.1) is 20.8 Å². The van der Waals surface area contributed by atoms with E-state index < -0.39 is 0 Å². The zero-order valence-electron chi connectivity index (χ0n) is 18.7. The molecule has 1 radical (unpaired) electrons. The summed E-state index contributed by atoms with van der Waals surface area (Å²) in [5.74, 6) is 0. The van der Waals surface area contributed by atoms with E-state index in [0.29, 0.717) is 0 Å². The van der Waals surface area contributed by atoms with Crippen LogP contribution in [0.2, 0.25) is 0 Å². The Morgan fingerprint density at radius 3 is 1.00 bits per heavy atom. The molecule has 3 rings (SSSR count). The Bertz CT molecular complexity index is 628. The summed E-state index contributed by atoms with van der Waals surface area (Å²) in [5.41, 5.74) is 3.18. The van der Waals surface area contributed by atoms with Crippen LogP contribution in [0.15, 0.2) is 73.2 Å². The van der Waals surface area contributed by atoms with Crippen molar-refractivity contribution in [1.29, 1.82) is 0 Å². The largest absolute Gasteiger partial charge is 3.00 e. The molecular formula is C24H36FeN7. The fourth-order valence-corrected chi connectivity index (χ4v) is 2.16. The molecule has 3 heterocycles. The Labute approximate surface area is 204 Å². The summed E-state index contributed by atoms with van der Waals surface area (Å²) < 4.78 is 0. The Balaban J connectivity index is 0. The zero-order valence-corrected chi connectivity index (χ0v) is 19.8. The smallest absolute Gasteiger partial charge is 0.344 e. The molecule has 0 bridgehead atoms. The molecule has 0 saturated carbocycles. The van der Waals surface area contributed by atoms with Crippen LogP contribution in [0.25, 0.3) is 0 Å². The Morgan fingerprint density at radius 1 is 0.531 bits per heavy atom. The van der Waals surface area contributed by atoms with Crippen molar-refractivity contribution in [2.45, 2.75) is 19.6 Å². The van der Waals surface area contributed by atoms with E-state index in [4.69, 9.17) is 0 Å². The fourth-order valence-electron chi connectivity index (χ4n) is 2.16. The first-order valence-corrected chi connectivity index (χ1v) is 9.99. The van der Waals surface area contributed by atoms with Crippen LogP contribution in [0.4, 0.5) is 0 Å². The van der Waals surface area contributed by atoms with E-state index in [-0.39, 0.29) is 23.2 Å². The molecule has 0 aliphatic carbocycles. The van der Waals surface area contributed by atoms with Gasteiger partial charge < -0.3 is 42.9 Å². The molecule has 6 N–H and O–H groups in total. The van der Waals surface area contributed by atoms with Crippen molar-refractivity contribution in [3.63, 3.8) is 0 Å². The molecular weight excluding hydrogens is 442 g/mol. The maximum atomic E-state index is 4.13. The third kappa shape index (κ3) is 17.5. The van der Waals surface area contributed by atoms with Gasteiger partial charge in [0.2, 0.25) is 0 Å². The van der Waals surface area contributed by atoms with Gasteiger partial charge in [0, 0.05) is 38.2 Å². The third-order valence-electron chi connectivity index (χ3n) is 3.63. The summed E-state index contributed by atoms with van der Waals surface area (Å²) in [5, 5.41) is 9.27. The molecule has 0 saturated heterocycles. The Kier molecular flexibility index (Phi) is 23.5. The van der Waals surface area contributed by atoms with Gasteiger partial charge in [-0.3, -0.25) is 15.0 Å². The van der Waals surface area contributed by atoms with Crippen molar-refractivity contribution in [3.05, 3.63) is 111 Å². The number of nitrogens with one attached hydrogen (secondary N) is 3. The minimum atomic E-state index is 0. The van der Waals surface area contributed by atoms with E-state index in [9.17, 15) is 0 Å². The van der Waals surface area contributed by atoms with Gasteiger partial charge in [0.1, 0.15) is 0 Å². The van der Waals surface area contributed by atoms with Crippen molar-refractivity contribution in [2.75, 3.05) is 19.6 Å². The molecule has 3 aromatic rings. The van der Waals surface area contributed by atoms with Gasteiger partial charge in [-0.1, -0.05) is 18.2 Å². The van der Waals surface area contributed by atoms with Gasteiger partial charge in [0.25, 0.3) is 0 Å². The number of aromatic nitrogens is 3. The van der Waals surface area contributed by atoms with E-state index in [1.165, 1.54) is 0 Å². The summed E-state index contributed by atoms with van der Waals surface area (Å²) in [4.78, 5) is 12.4. The standard InChI is InChI=1S/3C8H11N2.Fe.H3N/c3*1-2-9-7-8-5-3-4-6-10-8;;/h3*3-6,9H,1-2,7H2;;1H3/q3*-1;+3;. The molecule has 0 amide bonds. The molecule has 0 fully saturated rings. The minimum absolute atomic E-state index is 0. The molecule has 3 aromatic heterocycles. The normalized spacial score (nSPS) is 9.09. The van der Waals surface area contributed by atoms with Gasteiger partial charge >= 0.3 is 17.1 Å². The van der Waals surface area contributed by atoms with E-state index in [1.54, 1.807) is 18.6 Å². The Hall–Kier alpha value is -2.19. The van der Waals surface area contributed by atoms with Crippen LogP contribution in [-0.4, -0.2) is 34.6 Å². The third-order valence-corrected chi connectivity index (χ3v) is 3.63. The molecule has 0 unspecified atom stereocenters. The minimum Gasteiger partial charge on any atom is -0.344 e. The molecule has 0 aromatic carbocycles. The van der Waals surface area contributed by atoms with Crippen molar-refractivity contribution >= 4 is 0 Å². The summed E-state index contributed by atoms with van der Waals surface area (Å²) in [7, 11) is 0. The van der Waals surface area contributed by atoms with Crippen LogP contribution in [0.5, 0.6) is 0 Å². The van der Waals surface area contributed by atoms with E-state index in [1.807, 2.05) is 54.6 Å². The second kappa shape index (κ2) is 23.5. The van der Waals surface area contributed by atoms with Crippen molar-refractivity contribution in [2.24, 2.45) is 0 Å². The Morgan fingerprint density at radius 2 is 0.812 bits per heavy atom. The van der Waals surface area contributed by atoms with Crippen molar-refractivity contribution in [3.8, 4) is 0 Å². The summed E-state index contributed by atoms with van der Waals surface area (Å²) >= 11 is 0. The van der Waals surface area contributed by atoms with Crippen LogP contribution < -0.4 is 22.1 Å². The molecule has 0 atom stereocenters. The first kappa shape index (κ1) is 32.0. The maximum Gasteiger partial charge on any atom is 3.00 e. The van der Waals surface area contributed by atoms with Gasteiger partial charge in [-0.2, -0.15) is 0 Å². The first-order valence-electron chi connectivity index (χ1n) is 9.99. The molecule has 32 heavy (non-hydrogen) atoms. The van der Waals surface area contributed by atoms with Crippen molar-refractivity contribution in [1.82, 2.24) is 37.1 Å². The average Bonchev–Trinajstić information content (AvgIpc) is 2.83. The predicted molar refractivity (Wildman–Crippen MR) is 129 cm³/mol. The van der Waals surface area contributed by atoms with Crippen LogP contribution in [0.1, 0.15) is 17.1 Å². The fraction of sp³-hybridized carbons (Fsp3) is 0.250. The average molecular weight is 478 g/mol. The number of pyridine rings is 3. The van der Waals surface area contributed by atoms with E-state index in [0.717, 1.165) is 56.4 Å². The molecule has 0 aliphatic heterocycles. The zero-order chi connectivity index (χ0) is 21.7. The second-order valence-electron chi connectivity index (χ2n) is 5.99. The first-order chi connectivity index (χ1) is 14.8. The van der Waals surface area contributed by atoms with E-state index >= 15 is 0 Å². The molecule has 8 heteroatoms. The molecule has 175 valence electrons. The number of rotatable bonds is 9. The van der Waals surface area contributed by atoms with Gasteiger partial charge in [-0.15, -0.1) is 19.6 Å². The molecule has 0 spiro atoms. The van der Waals surface area contributed by atoms with Gasteiger partial charge in [0.05, 0.1) is 17.1 Å². The summed E-state index contributed by atoms with van der Waals surface area (Å²) in [6.07, 6.45) is 5.38. The number of hydrogen-bond acceptors (Lipinski definition) is 7. The topological polar surface area (TPSA) is 110 Å². The van der Waals surface area contributed by atoms with Gasteiger partial charge in [0.15, 0.2) is 0 Å². The summed E-state index contributed by atoms with van der Waals surface area (Å²) in [6.45, 7) is 15.7. The quantitative estimate of drug-likeness (QED) is 0.276. The number of hydrogen-bond donors (Lipinski definition) is 4. The molecule has 7 nitrogen and oxygen atoms in total.